The summed E-state index contributed by atoms with van der Waals surface area (Å²) in [5.74, 6) is -1.77. The van der Waals surface area contributed by atoms with Crippen LogP contribution in [0.5, 0.6) is 5.75 Å². The predicted molar refractivity (Wildman–Crippen MR) is 142 cm³/mol. The van der Waals surface area contributed by atoms with E-state index < -0.39 is 38.5 Å². The molecule has 0 saturated heterocycles. The minimum absolute atomic E-state index is 0.00550. The summed E-state index contributed by atoms with van der Waals surface area (Å²) in [6.45, 7) is -0.00794. The standard InChI is InChI=1S/C25H31BrN2O7S/c1-36(2,26)16-20(30)12-13-21(24(32)33)27-23(31)22(14-17-8-10-19(29)11-9-17)28-25(34)35-15-18-6-4-3-5-7-18/h3-11,21-22,29H,12-16H2,1-2H3,(H,27,31)(H,28,34)(H,32,33). The van der Waals surface area contributed by atoms with Crippen LogP contribution >= 0.6 is 23.3 Å². The number of benzene rings is 2. The van der Waals surface area contributed by atoms with Gasteiger partial charge >= 0.3 is 12.1 Å². The molecule has 36 heavy (non-hydrogen) atoms. The topological polar surface area (TPSA) is 142 Å². The Balaban J connectivity index is 2.07. The molecule has 0 aliphatic carbocycles. The summed E-state index contributed by atoms with van der Waals surface area (Å²) < 4.78 is 5.21. The molecule has 2 amide bonds. The number of carbonyl (C=O) groups excluding carboxylic acids is 3. The first-order valence-corrected chi connectivity index (χ1v) is 15.6. The van der Waals surface area contributed by atoms with Crippen LogP contribution in [0.4, 0.5) is 4.79 Å². The Morgan fingerprint density at radius 1 is 0.944 bits per heavy atom. The zero-order valence-electron chi connectivity index (χ0n) is 20.1. The molecule has 0 aliphatic rings. The second-order valence-electron chi connectivity index (χ2n) is 8.65. The molecule has 196 valence electrons. The fourth-order valence-corrected chi connectivity index (χ4v) is 4.95. The number of aliphatic carboxylic acids is 1. The van der Waals surface area contributed by atoms with E-state index in [1.807, 2.05) is 18.6 Å². The summed E-state index contributed by atoms with van der Waals surface area (Å²) in [4.78, 5) is 49.4. The summed E-state index contributed by atoms with van der Waals surface area (Å²) in [5.41, 5.74) is 1.39. The fourth-order valence-electron chi connectivity index (χ4n) is 3.27. The lowest BCUT2D eigenvalue weighted by Gasteiger charge is -2.23. The molecular weight excluding hydrogens is 552 g/mol. The Bertz CT molecular complexity index is 1040. The first kappa shape index (κ1) is 29.2. The van der Waals surface area contributed by atoms with Crippen LogP contribution in [0.15, 0.2) is 54.6 Å². The molecular formula is C25H31BrN2O7S. The minimum Gasteiger partial charge on any atom is -0.508 e. The van der Waals surface area contributed by atoms with E-state index in [1.165, 1.54) is 12.1 Å². The van der Waals surface area contributed by atoms with Gasteiger partial charge in [0.15, 0.2) is 0 Å². The van der Waals surface area contributed by atoms with Crippen molar-refractivity contribution in [1.82, 2.24) is 10.6 Å². The average Bonchev–Trinajstić information content (AvgIpc) is 2.80. The highest BCUT2D eigenvalue weighted by molar-refractivity contribution is 9.58. The Kier molecular flexibility index (Phi) is 11.3. The number of rotatable bonds is 13. The van der Waals surface area contributed by atoms with Crippen molar-refractivity contribution in [2.45, 2.75) is 38.0 Å². The summed E-state index contributed by atoms with van der Waals surface area (Å²) in [6.07, 6.45) is 2.93. The van der Waals surface area contributed by atoms with Crippen LogP contribution in [0.3, 0.4) is 0 Å². The summed E-state index contributed by atoms with van der Waals surface area (Å²) >= 11 is 3.47. The van der Waals surface area contributed by atoms with E-state index in [4.69, 9.17) is 4.74 Å². The molecule has 9 nitrogen and oxygen atoms in total. The highest BCUT2D eigenvalue weighted by atomic mass is 79.9. The number of phenols is 1. The number of carboxylic acid groups (broad SMARTS) is 1. The van der Waals surface area contributed by atoms with Gasteiger partial charge in [-0.1, -0.05) is 42.5 Å². The molecule has 0 heterocycles. The molecule has 0 aromatic heterocycles. The van der Waals surface area contributed by atoms with Crippen LogP contribution in [0.2, 0.25) is 0 Å². The van der Waals surface area contributed by atoms with Gasteiger partial charge in [-0.2, -0.15) is 8.46 Å². The van der Waals surface area contributed by atoms with E-state index in [2.05, 4.69) is 25.4 Å². The van der Waals surface area contributed by atoms with Crippen molar-refractivity contribution in [2.24, 2.45) is 0 Å². The summed E-state index contributed by atoms with van der Waals surface area (Å²) in [7, 11) is -1.26. The number of aromatic hydroxyl groups is 1. The van der Waals surface area contributed by atoms with Gasteiger partial charge in [-0.15, -0.1) is 0 Å². The third-order valence-corrected chi connectivity index (χ3v) is 6.72. The van der Waals surface area contributed by atoms with Crippen LogP contribution in [-0.4, -0.2) is 64.3 Å². The lowest BCUT2D eigenvalue weighted by Crippen LogP contribution is -2.52. The number of nitrogens with one attached hydrogen (secondary N) is 2. The molecule has 0 saturated carbocycles. The quantitative estimate of drug-likeness (QED) is 0.283. The van der Waals surface area contributed by atoms with Gasteiger partial charge in [-0.05, 0) is 57.0 Å². The molecule has 2 aromatic rings. The maximum absolute atomic E-state index is 13.0. The number of alkyl carbamates (subject to hydrolysis) is 1. The first-order chi connectivity index (χ1) is 16.9. The van der Waals surface area contributed by atoms with Gasteiger partial charge < -0.3 is 25.6 Å². The van der Waals surface area contributed by atoms with Gasteiger partial charge in [0.25, 0.3) is 0 Å². The molecule has 0 radical (unpaired) electrons. The number of carbonyl (C=O) groups is 4. The predicted octanol–water partition coefficient (Wildman–Crippen LogP) is 3.52. The third kappa shape index (κ3) is 11.1. The van der Waals surface area contributed by atoms with E-state index in [9.17, 15) is 29.4 Å². The van der Waals surface area contributed by atoms with Crippen LogP contribution in [0, 0.1) is 0 Å². The molecule has 2 rings (SSSR count). The van der Waals surface area contributed by atoms with Gasteiger partial charge in [0.1, 0.15) is 30.2 Å². The monoisotopic (exact) mass is 582 g/mol. The van der Waals surface area contributed by atoms with Crippen molar-refractivity contribution in [3.05, 3.63) is 65.7 Å². The van der Waals surface area contributed by atoms with Crippen LogP contribution in [0.1, 0.15) is 24.0 Å². The number of amides is 2. The number of halogens is 1. The average molecular weight is 584 g/mol. The first-order valence-electron chi connectivity index (χ1n) is 11.1. The highest BCUT2D eigenvalue weighted by Gasteiger charge is 2.28. The zero-order chi connectivity index (χ0) is 26.7. The minimum atomic E-state index is -1.31. The van der Waals surface area contributed by atoms with Crippen molar-refractivity contribution in [2.75, 3.05) is 18.3 Å². The molecule has 2 aromatic carbocycles. The number of Topliss-reactive ketones (excluding diaryl/α,β-unsaturated/α-hetero) is 1. The van der Waals surface area contributed by atoms with E-state index in [0.29, 0.717) is 11.3 Å². The second-order valence-corrected chi connectivity index (χ2v) is 17.0. The van der Waals surface area contributed by atoms with Crippen LogP contribution < -0.4 is 10.6 Å². The van der Waals surface area contributed by atoms with E-state index in [-0.39, 0.29) is 37.4 Å². The molecule has 0 aliphatic heterocycles. The number of carboxylic acids is 1. The van der Waals surface area contributed by atoms with Gasteiger partial charge in [0.2, 0.25) is 5.91 Å². The number of ketones is 1. The van der Waals surface area contributed by atoms with Gasteiger partial charge in [0.05, 0.1) is 0 Å². The summed E-state index contributed by atoms with van der Waals surface area (Å²) in [6, 6.07) is 12.6. The van der Waals surface area contributed by atoms with Crippen molar-refractivity contribution in [1.29, 1.82) is 0 Å². The molecule has 2 unspecified atom stereocenters. The molecule has 2 atom stereocenters. The molecule has 0 bridgehead atoms. The molecule has 4 N–H and O–H groups in total. The lowest BCUT2D eigenvalue weighted by atomic mass is 10.0. The van der Waals surface area contributed by atoms with Crippen LogP contribution in [0.25, 0.3) is 0 Å². The normalized spacial score (nSPS) is 13.2. The largest absolute Gasteiger partial charge is 0.508 e. The third-order valence-electron chi connectivity index (χ3n) is 5.03. The number of phenolic OH excluding ortho intramolecular Hbond substituents is 1. The van der Waals surface area contributed by atoms with Gasteiger partial charge in [0, 0.05) is 18.6 Å². The van der Waals surface area contributed by atoms with E-state index >= 15 is 0 Å². The second kappa shape index (κ2) is 13.9. The highest BCUT2D eigenvalue weighted by Crippen LogP contribution is 2.47. The Morgan fingerprint density at radius 3 is 2.17 bits per heavy atom. The molecule has 0 spiro atoms. The summed E-state index contributed by atoms with van der Waals surface area (Å²) in [5, 5.41) is 24.0. The van der Waals surface area contributed by atoms with Crippen LogP contribution in [-0.2, 0) is 32.1 Å². The van der Waals surface area contributed by atoms with Gasteiger partial charge in [-0.3, -0.25) is 9.59 Å². The smallest absolute Gasteiger partial charge is 0.408 e. The maximum Gasteiger partial charge on any atom is 0.408 e. The zero-order valence-corrected chi connectivity index (χ0v) is 22.5. The van der Waals surface area contributed by atoms with Gasteiger partial charge in [-0.25, -0.2) is 9.59 Å². The molecule has 0 fully saturated rings. The Morgan fingerprint density at radius 2 is 1.58 bits per heavy atom. The maximum atomic E-state index is 13.0. The van der Waals surface area contributed by atoms with Crippen molar-refractivity contribution >= 4 is 47.0 Å². The van der Waals surface area contributed by atoms with E-state index in [1.54, 1.807) is 36.4 Å². The van der Waals surface area contributed by atoms with Crippen molar-refractivity contribution in [3.63, 3.8) is 0 Å². The van der Waals surface area contributed by atoms with Crippen molar-refractivity contribution < 1.29 is 34.1 Å². The van der Waals surface area contributed by atoms with E-state index in [0.717, 1.165) is 5.56 Å². The number of hydrogen-bond acceptors (Lipinski definition) is 6. The Labute approximate surface area is 219 Å². The number of ether oxygens (including phenoxy) is 1. The lowest BCUT2D eigenvalue weighted by molar-refractivity contribution is -0.142. The number of hydrogen-bond donors (Lipinski definition) is 4. The Hall–Kier alpha value is -3.05. The SMILES string of the molecule is CS(C)(Br)CC(=O)CCC(NC(=O)C(Cc1ccc(O)cc1)NC(=O)OCc1ccccc1)C(=O)O. The fraction of sp³-hybridized carbons (Fsp3) is 0.360. The molecule has 11 heteroatoms. The van der Waals surface area contributed by atoms with Crippen molar-refractivity contribution in [3.8, 4) is 5.75 Å².